The van der Waals surface area contributed by atoms with Crippen molar-refractivity contribution in [3.63, 3.8) is 0 Å². The van der Waals surface area contributed by atoms with E-state index in [0.29, 0.717) is 31.6 Å². The van der Waals surface area contributed by atoms with Gasteiger partial charge in [-0.05, 0) is 59.1 Å². The topological polar surface area (TPSA) is 77.8 Å². The maximum absolute atomic E-state index is 13.4. The third kappa shape index (κ3) is 4.25. The molecule has 1 aliphatic rings. The zero-order valence-electron chi connectivity index (χ0n) is 15.3. The lowest BCUT2D eigenvalue weighted by Crippen LogP contribution is -2.39. The third-order valence-corrected chi connectivity index (χ3v) is 6.64. The summed E-state index contributed by atoms with van der Waals surface area (Å²) in [4.78, 5) is 19.7. The number of nitrogens with one attached hydrogen (secondary N) is 1. The summed E-state index contributed by atoms with van der Waals surface area (Å²) in [5, 5.41) is 16.2. The van der Waals surface area contributed by atoms with Crippen LogP contribution >= 0.6 is 27.3 Å². The molecule has 0 amide bonds. The number of thiazole rings is 1. The van der Waals surface area contributed by atoms with Crippen LogP contribution in [0.25, 0.3) is 10.2 Å². The number of oxime groups is 1. The van der Waals surface area contributed by atoms with E-state index >= 15 is 0 Å². The Morgan fingerprint density at radius 1 is 1.28 bits per heavy atom. The summed E-state index contributed by atoms with van der Waals surface area (Å²) in [7, 11) is 0. The molecule has 3 aromatic rings. The van der Waals surface area contributed by atoms with Crippen LogP contribution in [0.2, 0.25) is 0 Å². The molecule has 1 saturated heterocycles. The Bertz CT molecular complexity index is 1050. The fourth-order valence-electron chi connectivity index (χ4n) is 3.37. The summed E-state index contributed by atoms with van der Waals surface area (Å²) in [6.45, 7) is 1.41. The fourth-order valence-corrected chi connectivity index (χ4v) is 4.76. The number of hydrogen-bond donors (Lipinski definition) is 2. The van der Waals surface area contributed by atoms with Gasteiger partial charge < -0.3 is 15.4 Å². The minimum absolute atomic E-state index is 0.137. The number of aromatic nitrogens is 1. The molecular formula is C20H18BrFN4O2S. The summed E-state index contributed by atoms with van der Waals surface area (Å²) in [6.07, 6.45) is 1.28. The molecule has 0 atom stereocenters. The second-order valence-corrected chi connectivity index (χ2v) is 8.66. The third-order valence-electron chi connectivity index (χ3n) is 4.93. The fraction of sp³-hybridized carbons (Fsp3) is 0.250. The predicted molar refractivity (Wildman–Crippen MR) is 117 cm³/mol. The number of hydrogen-bond acceptors (Lipinski definition) is 6. The Kier molecular flexibility index (Phi) is 5.77. The van der Waals surface area contributed by atoms with E-state index in [-0.39, 0.29) is 22.0 Å². The predicted octanol–water partition coefficient (Wildman–Crippen LogP) is 4.88. The van der Waals surface area contributed by atoms with Gasteiger partial charge in [0.05, 0.1) is 14.7 Å². The van der Waals surface area contributed by atoms with Crippen LogP contribution in [0.3, 0.4) is 0 Å². The first-order valence-electron chi connectivity index (χ1n) is 9.14. The van der Waals surface area contributed by atoms with Gasteiger partial charge in [0.2, 0.25) is 11.6 Å². The Hall–Kier alpha value is -2.52. The van der Waals surface area contributed by atoms with Crippen molar-refractivity contribution >= 4 is 59.9 Å². The number of benzene rings is 2. The first-order valence-corrected chi connectivity index (χ1v) is 10.7. The zero-order valence-corrected chi connectivity index (χ0v) is 17.7. The Morgan fingerprint density at radius 3 is 2.72 bits per heavy atom. The van der Waals surface area contributed by atoms with Crippen molar-refractivity contribution in [1.82, 2.24) is 4.98 Å². The molecular weight excluding hydrogens is 459 g/mol. The smallest absolute Gasteiger partial charge is 0.213 e. The van der Waals surface area contributed by atoms with Gasteiger partial charge in [0, 0.05) is 24.7 Å². The van der Waals surface area contributed by atoms with E-state index in [1.54, 1.807) is 11.3 Å². The molecule has 4 rings (SSSR count). The average Bonchev–Trinajstić information content (AvgIpc) is 3.18. The highest BCUT2D eigenvalue weighted by Gasteiger charge is 2.29. The van der Waals surface area contributed by atoms with Crippen LogP contribution < -0.4 is 10.2 Å². The molecule has 1 fully saturated rings. The molecule has 2 aromatic carbocycles. The number of ketones is 1. The minimum Gasteiger partial charge on any atom is -0.409 e. The number of carbonyl (C=O) groups excluding carboxylic acids is 1. The van der Waals surface area contributed by atoms with Crippen molar-refractivity contribution in [3.8, 4) is 0 Å². The van der Waals surface area contributed by atoms with Gasteiger partial charge in [-0.2, -0.15) is 0 Å². The average molecular weight is 477 g/mol. The lowest BCUT2D eigenvalue weighted by molar-refractivity contribution is -0.117. The molecule has 0 bridgehead atoms. The number of halogens is 2. The minimum atomic E-state index is -0.411. The second-order valence-electron chi connectivity index (χ2n) is 6.79. The number of piperidine rings is 1. The standard InChI is InChI=1S/C20H18BrFN4O2S/c21-14-11-13(5-6-15(14)22)23-19(25-28)18(27)12-7-9-26(10-8-12)20-24-16-3-1-2-4-17(16)29-20/h1-6,11-12,28H,7-10H2,(H,23,25). The highest BCUT2D eigenvalue weighted by atomic mass is 79.9. The van der Waals surface area contributed by atoms with E-state index in [9.17, 15) is 14.4 Å². The number of nitrogens with zero attached hydrogens (tertiary/aromatic N) is 3. The van der Waals surface area contributed by atoms with E-state index in [1.165, 1.54) is 18.2 Å². The van der Waals surface area contributed by atoms with E-state index in [2.05, 4.69) is 42.4 Å². The van der Waals surface area contributed by atoms with Gasteiger partial charge >= 0.3 is 0 Å². The molecule has 0 spiro atoms. The number of amidine groups is 1. The van der Waals surface area contributed by atoms with Crippen LogP contribution in [0.1, 0.15) is 12.8 Å². The SMILES string of the molecule is O=C(/C(=N/O)Nc1ccc(F)c(Br)c1)C1CCN(c2nc3ccccc3s2)CC1. The summed E-state index contributed by atoms with van der Waals surface area (Å²) in [5.41, 5.74) is 1.45. The monoisotopic (exact) mass is 476 g/mol. The van der Waals surface area contributed by atoms with Crippen LogP contribution in [0, 0.1) is 11.7 Å². The van der Waals surface area contributed by atoms with Gasteiger partial charge in [-0.3, -0.25) is 4.79 Å². The largest absolute Gasteiger partial charge is 0.409 e. The molecule has 9 heteroatoms. The number of Topliss-reactive ketones (excluding diaryl/α,β-unsaturated/α-hetero) is 1. The molecule has 0 saturated carbocycles. The number of rotatable bonds is 4. The summed E-state index contributed by atoms with van der Waals surface area (Å²) >= 11 is 4.75. The number of anilines is 2. The van der Waals surface area contributed by atoms with Crippen LogP contribution in [-0.4, -0.2) is 34.9 Å². The Labute approximate surface area is 179 Å². The van der Waals surface area contributed by atoms with E-state index < -0.39 is 5.82 Å². The number of fused-ring (bicyclic) bond motifs is 1. The summed E-state index contributed by atoms with van der Waals surface area (Å²) in [6, 6.07) is 12.3. The van der Waals surface area contributed by atoms with Gasteiger partial charge in [-0.1, -0.05) is 28.6 Å². The van der Waals surface area contributed by atoms with E-state index in [0.717, 1.165) is 15.3 Å². The van der Waals surface area contributed by atoms with Gasteiger partial charge in [-0.25, -0.2) is 9.37 Å². The van der Waals surface area contributed by atoms with Crippen LogP contribution in [0.4, 0.5) is 15.2 Å². The quantitative estimate of drug-likeness (QED) is 0.242. The van der Waals surface area contributed by atoms with Crippen molar-refractivity contribution in [3.05, 3.63) is 52.8 Å². The van der Waals surface area contributed by atoms with Crippen LogP contribution in [-0.2, 0) is 4.79 Å². The van der Waals surface area contributed by atoms with Crippen molar-refractivity contribution in [2.45, 2.75) is 12.8 Å². The first-order chi connectivity index (χ1) is 14.0. The lowest BCUT2D eigenvalue weighted by atomic mass is 9.92. The van der Waals surface area contributed by atoms with E-state index in [4.69, 9.17) is 0 Å². The molecule has 150 valence electrons. The number of para-hydroxylation sites is 1. The number of carbonyl (C=O) groups is 1. The summed E-state index contributed by atoms with van der Waals surface area (Å²) < 4.78 is 14.8. The Balaban J connectivity index is 1.40. The van der Waals surface area contributed by atoms with Gasteiger partial charge in [0.1, 0.15) is 5.82 Å². The van der Waals surface area contributed by atoms with Crippen LogP contribution in [0.15, 0.2) is 52.1 Å². The molecule has 1 aliphatic heterocycles. The molecule has 6 nitrogen and oxygen atoms in total. The van der Waals surface area contributed by atoms with Crippen molar-refractivity contribution < 1.29 is 14.4 Å². The molecule has 0 unspecified atom stereocenters. The lowest BCUT2D eigenvalue weighted by Gasteiger charge is -2.31. The highest BCUT2D eigenvalue weighted by molar-refractivity contribution is 9.10. The molecule has 0 aliphatic carbocycles. The molecule has 2 N–H and O–H groups in total. The maximum atomic E-state index is 13.4. The maximum Gasteiger partial charge on any atom is 0.213 e. The Morgan fingerprint density at radius 2 is 2.03 bits per heavy atom. The van der Waals surface area contributed by atoms with Gasteiger partial charge in [0.25, 0.3) is 0 Å². The molecule has 0 radical (unpaired) electrons. The van der Waals surface area contributed by atoms with Gasteiger partial charge in [0.15, 0.2) is 5.13 Å². The van der Waals surface area contributed by atoms with Crippen molar-refractivity contribution in [2.24, 2.45) is 11.1 Å². The van der Waals surface area contributed by atoms with Crippen molar-refractivity contribution in [1.29, 1.82) is 0 Å². The molecule has 29 heavy (non-hydrogen) atoms. The second kappa shape index (κ2) is 8.46. The normalized spacial score (nSPS) is 15.7. The first kappa shape index (κ1) is 19.8. The van der Waals surface area contributed by atoms with Crippen LogP contribution in [0.5, 0.6) is 0 Å². The molecule has 1 aromatic heterocycles. The zero-order chi connectivity index (χ0) is 20.4. The van der Waals surface area contributed by atoms with Gasteiger partial charge in [-0.15, -0.1) is 0 Å². The van der Waals surface area contributed by atoms with E-state index in [1.807, 2.05) is 18.2 Å². The molecule has 2 heterocycles. The highest BCUT2D eigenvalue weighted by Crippen LogP contribution is 2.31. The summed E-state index contributed by atoms with van der Waals surface area (Å²) in [5.74, 6) is -1.05. The van der Waals surface area contributed by atoms with Crippen molar-refractivity contribution in [2.75, 3.05) is 23.3 Å².